The molecule has 1 aliphatic rings. The standard InChI is InChI=1S/C16H21N3O/c1-14(20)18-9-3-2-4-15-5-7-16(8-6-15)19-12-10-17-11-13-19/h5-8,17H,3,9-13H2,1H3,(H,18,20). The van der Waals surface area contributed by atoms with Crippen LogP contribution in [0.2, 0.25) is 0 Å². The molecule has 20 heavy (non-hydrogen) atoms. The fourth-order valence-electron chi connectivity index (χ4n) is 2.14. The summed E-state index contributed by atoms with van der Waals surface area (Å²) in [5, 5.41) is 6.08. The SMILES string of the molecule is CC(=O)NCCC#Cc1ccc(N2CCNCC2)cc1. The van der Waals surface area contributed by atoms with Gasteiger partial charge in [0.25, 0.3) is 0 Å². The second-order valence-corrected chi connectivity index (χ2v) is 4.82. The highest BCUT2D eigenvalue weighted by Crippen LogP contribution is 2.15. The van der Waals surface area contributed by atoms with E-state index in [2.05, 4.69) is 51.6 Å². The van der Waals surface area contributed by atoms with Crippen molar-refractivity contribution in [1.29, 1.82) is 0 Å². The van der Waals surface area contributed by atoms with Crippen molar-refractivity contribution in [3.63, 3.8) is 0 Å². The van der Waals surface area contributed by atoms with E-state index in [1.54, 1.807) is 0 Å². The van der Waals surface area contributed by atoms with E-state index in [1.807, 2.05) is 0 Å². The molecule has 4 heteroatoms. The number of hydrogen-bond donors (Lipinski definition) is 2. The summed E-state index contributed by atoms with van der Waals surface area (Å²) in [6.07, 6.45) is 0.680. The maximum absolute atomic E-state index is 10.7. The van der Waals surface area contributed by atoms with Gasteiger partial charge in [0.1, 0.15) is 0 Å². The van der Waals surface area contributed by atoms with Crippen molar-refractivity contribution in [3.05, 3.63) is 29.8 Å². The van der Waals surface area contributed by atoms with Crippen molar-refractivity contribution in [2.24, 2.45) is 0 Å². The zero-order chi connectivity index (χ0) is 14.2. The second-order valence-electron chi connectivity index (χ2n) is 4.82. The molecule has 0 atom stereocenters. The van der Waals surface area contributed by atoms with Gasteiger partial charge in [0.15, 0.2) is 0 Å². The molecule has 4 nitrogen and oxygen atoms in total. The third kappa shape index (κ3) is 4.60. The first-order valence-electron chi connectivity index (χ1n) is 7.05. The summed E-state index contributed by atoms with van der Waals surface area (Å²) in [6.45, 7) is 6.34. The summed E-state index contributed by atoms with van der Waals surface area (Å²) in [5.74, 6) is 6.18. The first kappa shape index (κ1) is 14.4. The molecule has 1 saturated heterocycles. The maximum atomic E-state index is 10.7. The minimum absolute atomic E-state index is 0.00725. The van der Waals surface area contributed by atoms with Crippen molar-refractivity contribution in [2.45, 2.75) is 13.3 Å². The first-order chi connectivity index (χ1) is 9.75. The Morgan fingerprint density at radius 3 is 2.65 bits per heavy atom. The van der Waals surface area contributed by atoms with Crippen LogP contribution >= 0.6 is 0 Å². The van der Waals surface area contributed by atoms with Gasteiger partial charge in [-0.15, -0.1) is 0 Å². The number of rotatable bonds is 3. The van der Waals surface area contributed by atoms with Crippen molar-refractivity contribution in [1.82, 2.24) is 10.6 Å². The van der Waals surface area contributed by atoms with Gasteiger partial charge in [-0.25, -0.2) is 0 Å². The van der Waals surface area contributed by atoms with Crippen molar-refractivity contribution in [2.75, 3.05) is 37.6 Å². The normalized spacial score (nSPS) is 14.3. The van der Waals surface area contributed by atoms with E-state index in [-0.39, 0.29) is 5.91 Å². The van der Waals surface area contributed by atoms with E-state index in [0.717, 1.165) is 31.7 Å². The third-order valence-electron chi connectivity index (χ3n) is 3.21. The number of benzene rings is 1. The molecule has 0 radical (unpaired) electrons. The highest BCUT2D eigenvalue weighted by molar-refractivity contribution is 5.72. The highest BCUT2D eigenvalue weighted by atomic mass is 16.1. The molecule has 2 N–H and O–H groups in total. The van der Waals surface area contributed by atoms with Crippen molar-refractivity contribution < 1.29 is 4.79 Å². The van der Waals surface area contributed by atoms with Crippen molar-refractivity contribution >= 4 is 11.6 Å². The lowest BCUT2D eigenvalue weighted by atomic mass is 10.2. The molecule has 0 spiro atoms. The van der Waals surface area contributed by atoms with Gasteiger partial charge >= 0.3 is 0 Å². The Hall–Kier alpha value is -1.99. The number of amides is 1. The Kier molecular flexibility index (Phi) is 5.45. The molecule has 1 heterocycles. The van der Waals surface area contributed by atoms with Crippen LogP contribution in [-0.2, 0) is 4.79 Å². The summed E-state index contributed by atoms with van der Waals surface area (Å²) in [6, 6.07) is 8.37. The van der Waals surface area contributed by atoms with E-state index in [4.69, 9.17) is 0 Å². The predicted octanol–water partition coefficient (Wildman–Crippen LogP) is 0.974. The number of anilines is 1. The van der Waals surface area contributed by atoms with Crippen LogP contribution < -0.4 is 15.5 Å². The molecule has 1 aliphatic heterocycles. The minimum Gasteiger partial charge on any atom is -0.369 e. The van der Waals surface area contributed by atoms with Gasteiger partial charge in [0.05, 0.1) is 0 Å². The van der Waals surface area contributed by atoms with E-state index in [9.17, 15) is 4.79 Å². The molecule has 1 fully saturated rings. The summed E-state index contributed by atoms with van der Waals surface area (Å²) in [5.41, 5.74) is 2.28. The molecule has 2 rings (SSSR count). The quantitative estimate of drug-likeness (QED) is 0.636. The van der Waals surface area contributed by atoms with Crippen LogP contribution in [0.5, 0.6) is 0 Å². The first-order valence-corrected chi connectivity index (χ1v) is 7.05. The third-order valence-corrected chi connectivity index (χ3v) is 3.21. The lowest BCUT2D eigenvalue weighted by molar-refractivity contribution is -0.118. The molecule has 0 saturated carbocycles. The molecule has 0 aliphatic carbocycles. The predicted molar refractivity (Wildman–Crippen MR) is 81.7 cm³/mol. The summed E-state index contributed by atoms with van der Waals surface area (Å²) in [7, 11) is 0. The van der Waals surface area contributed by atoms with Crippen LogP contribution in [-0.4, -0.2) is 38.6 Å². The Balaban J connectivity index is 1.85. The fourth-order valence-corrected chi connectivity index (χ4v) is 2.14. The lowest BCUT2D eigenvalue weighted by Gasteiger charge is -2.29. The molecular formula is C16H21N3O. The van der Waals surface area contributed by atoms with Gasteiger partial charge in [-0.2, -0.15) is 0 Å². The molecule has 1 amide bonds. The number of hydrogen-bond acceptors (Lipinski definition) is 3. The second kappa shape index (κ2) is 7.56. The van der Waals surface area contributed by atoms with Crippen LogP contribution in [0.25, 0.3) is 0 Å². The van der Waals surface area contributed by atoms with Gasteiger partial charge < -0.3 is 15.5 Å². The van der Waals surface area contributed by atoms with Crippen LogP contribution in [0.1, 0.15) is 18.9 Å². The lowest BCUT2D eigenvalue weighted by Crippen LogP contribution is -2.43. The molecule has 0 bridgehead atoms. The van der Waals surface area contributed by atoms with E-state index >= 15 is 0 Å². The Labute approximate surface area is 120 Å². The maximum Gasteiger partial charge on any atom is 0.216 e. The number of nitrogens with one attached hydrogen (secondary N) is 2. The zero-order valence-corrected chi connectivity index (χ0v) is 11.9. The Bertz CT molecular complexity index is 493. The Morgan fingerprint density at radius 1 is 1.30 bits per heavy atom. The highest BCUT2D eigenvalue weighted by Gasteiger charge is 2.09. The van der Waals surface area contributed by atoms with Crippen LogP contribution in [0.15, 0.2) is 24.3 Å². The fraction of sp³-hybridized carbons (Fsp3) is 0.438. The number of piperazine rings is 1. The molecular weight excluding hydrogens is 250 g/mol. The summed E-state index contributed by atoms with van der Waals surface area (Å²) < 4.78 is 0. The van der Waals surface area contributed by atoms with E-state index in [0.29, 0.717) is 13.0 Å². The van der Waals surface area contributed by atoms with Crippen LogP contribution in [0, 0.1) is 11.8 Å². The van der Waals surface area contributed by atoms with Gasteiger partial charge in [0.2, 0.25) is 5.91 Å². The van der Waals surface area contributed by atoms with Gasteiger partial charge in [-0.05, 0) is 24.3 Å². The monoisotopic (exact) mass is 271 g/mol. The molecule has 1 aromatic carbocycles. The summed E-state index contributed by atoms with van der Waals surface area (Å²) in [4.78, 5) is 13.1. The zero-order valence-electron chi connectivity index (χ0n) is 11.9. The summed E-state index contributed by atoms with van der Waals surface area (Å²) >= 11 is 0. The van der Waals surface area contributed by atoms with Gasteiger partial charge in [-0.1, -0.05) is 11.8 Å². The molecule has 0 aromatic heterocycles. The molecule has 106 valence electrons. The van der Waals surface area contributed by atoms with Crippen LogP contribution in [0.3, 0.4) is 0 Å². The molecule has 1 aromatic rings. The average molecular weight is 271 g/mol. The van der Waals surface area contributed by atoms with E-state index < -0.39 is 0 Å². The molecule has 0 unspecified atom stereocenters. The minimum atomic E-state index is -0.00725. The largest absolute Gasteiger partial charge is 0.369 e. The number of carbonyl (C=O) groups excluding carboxylic acids is 1. The topological polar surface area (TPSA) is 44.4 Å². The number of carbonyl (C=O) groups is 1. The Morgan fingerprint density at radius 2 is 2.00 bits per heavy atom. The van der Waals surface area contributed by atoms with Crippen LogP contribution in [0.4, 0.5) is 5.69 Å². The van der Waals surface area contributed by atoms with Crippen molar-refractivity contribution in [3.8, 4) is 11.8 Å². The van der Waals surface area contributed by atoms with Gasteiger partial charge in [-0.3, -0.25) is 4.79 Å². The average Bonchev–Trinajstić information content (AvgIpc) is 2.48. The number of nitrogens with zero attached hydrogens (tertiary/aromatic N) is 1. The smallest absolute Gasteiger partial charge is 0.216 e. The van der Waals surface area contributed by atoms with E-state index in [1.165, 1.54) is 12.6 Å². The van der Waals surface area contributed by atoms with Gasteiger partial charge in [0, 0.05) is 57.3 Å².